The molecule has 2 aromatic rings. The normalized spacial score (nSPS) is 9.65. The molecule has 1 aromatic heterocycles. The van der Waals surface area contributed by atoms with E-state index in [4.69, 9.17) is 21.6 Å². The van der Waals surface area contributed by atoms with Gasteiger partial charge in [0.1, 0.15) is 12.7 Å². The minimum absolute atomic E-state index is 0.166. The molecule has 0 N–H and O–H groups in total. The molecule has 0 radical (unpaired) electrons. The summed E-state index contributed by atoms with van der Waals surface area (Å²) >= 11 is 5.98. The molecule has 0 bridgehead atoms. The highest BCUT2D eigenvalue weighted by molar-refractivity contribution is 6.31. The standard InChI is InChI=1S/C12H8ClN3O/c13-10-4-2-1-3-9(10)8-17-12-11(7-14)15-5-6-16-12/h1-6H,8H2. The van der Waals surface area contributed by atoms with Crippen LogP contribution in [0.1, 0.15) is 11.3 Å². The summed E-state index contributed by atoms with van der Waals surface area (Å²) in [5.41, 5.74) is 1.00. The van der Waals surface area contributed by atoms with Gasteiger partial charge in [-0.1, -0.05) is 29.8 Å². The molecule has 0 aliphatic carbocycles. The summed E-state index contributed by atoms with van der Waals surface area (Å²) in [7, 11) is 0. The highest BCUT2D eigenvalue weighted by Crippen LogP contribution is 2.18. The Morgan fingerprint density at radius 3 is 2.76 bits per heavy atom. The van der Waals surface area contributed by atoms with Crippen LogP contribution < -0.4 is 4.74 Å². The SMILES string of the molecule is N#Cc1nccnc1OCc1ccccc1Cl. The monoisotopic (exact) mass is 245 g/mol. The van der Waals surface area contributed by atoms with Gasteiger partial charge in [-0.3, -0.25) is 0 Å². The Morgan fingerprint density at radius 1 is 1.24 bits per heavy atom. The van der Waals surface area contributed by atoms with Gasteiger partial charge in [0.15, 0.2) is 0 Å². The molecule has 4 nitrogen and oxygen atoms in total. The maximum absolute atomic E-state index is 8.81. The van der Waals surface area contributed by atoms with Crippen molar-refractivity contribution in [2.75, 3.05) is 0 Å². The number of nitrogens with zero attached hydrogens (tertiary/aromatic N) is 3. The van der Waals surface area contributed by atoms with Gasteiger partial charge in [0.05, 0.1) is 0 Å². The maximum Gasteiger partial charge on any atom is 0.251 e. The average molecular weight is 246 g/mol. The Hall–Kier alpha value is -2.12. The number of nitriles is 1. The van der Waals surface area contributed by atoms with Crippen molar-refractivity contribution in [2.45, 2.75) is 6.61 Å². The van der Waals surface area contributed by atoms with Crippen molar-refractivity contribution in [1.29, 1.82) is 5.26 Å². The molecule has 0 amide bonds. The first-order valence-corrected chi connectivity index (χ1v) is 5.26. The van der Waals surface area contributed by atoms with Crippen LogP contribution in [0.25, 0.3) is 0 Å². The van der Waals surface area contributed by atoms with E-state index in [1.54, 1.807) is 6.07 Å². The smallest absolute Gasteiger partial charge is 0.251 e. The summed E-state index contributed by atoms with van der Waals surface area (Å²) in [6, 6.07) is 9.26. The summed E-state index contributed by atoms with van der Waals surface area (Å²) in [6.45, 7) is 0.257. The van der Waals surface area contributed by atoms with E-state index in [0.717, 1.165) is 5.56 Å². The molecule has 84 valence electrons. The van der Waals surface area contributed by atoms with Crippen LogP contribution in [0.3, 0.4) is 0 Å². The second kappa shape index (κ2) is 5.28. The molecule has 0 spiro atoms. The van der Waals surface area contributed by atoms with E-state index in [2.05, 4.69) is 9.97 Å². The molecule has 0 unspecified atom stereocenters. The van der Waals surface area contributed by atoms with E-state index < -0.39 is 0 Å². The largest absolute Gasteiger partial charge is 0.471 e. The Labute approximate surface area is 103 Å². The van der Waals surface area contributed by atoms with Gasteiger partial charge in [0.2, 0.25) is 5.69 Å². The minimum atomic E-state index is 0.166. The molecule has 0 saturated carbocycles. The van der Waals surface area contributed by atoms with Gasteiger partial charge in [-0.15, -0.1) is 0 Å². The first-order chi connectivity index (χ1) is 8.31. The lowest BCUT2D eigenvalue weighted by Gasteiger charge is -2.06. The van der Waals surface area contributed by atoms with Crippen LogP contribution in [-0.2, 0) is 6.61 Å². The Bertz CT molecular complexity index is 566. The zero-order valence-corrected chi connectivity index (χ0v) is 9.55. The highest BCUT2D eigenvalue weighted by Gasteiger charge is 2.06. The first-order valence-electron chi connectivity index (χ1n) is 4.88. The highest BCUT2D eigenvalue weighted by atomic mass is 35.5. The van der Waals surface area contributed by atoms with Gasteiger partial charge in [-0.25, -0.2) is 9.97 Å². The average Bonchev–Trinajstić information content (AvgIpc) is 2.38. The zero-order valence-electron chi connectivity index (χ0n) is 8.80. The van der Waals surface area contributed by atoms with Crippen LogP contribution in [-0.4, -0.2) is 9.97 Å². The molecule has 5 heteroatoms. The summed E-state index contributed by atoms with van der Waals surface area (Å²) in [5.74, 6) is 0.218. The minimum Gasteiger partial charge on any atom is -0.471 e. The van der Waals surface area contributed by atoms with E-state index in [0.29, 0.717) is 5.02 Å². The number of benzene rings is 1. The topological polar surface area (TPSA) is 58.8 Å². The molecule has 0 fully saturated rings. The van der Waals surface area contributed by atoms with E-state index in [9.17, 15) is 0 Å². The lowest BCUT2D eigenvalue weighted by Crippen LogP contribution is -2.00. The summed E-state index contributed by atoms with van der Waals surface area (Å²) in [6.07, 6.45) is 2.92. The predicted molar refractivity (Wildman–Crippen MR) is 62.5 cm³/mol. The van der Waals surface area contributed by atoms with Gasteiger partial charge in [-0.2, -0.15) is 5.26 Å². The summed E-state index contributed by atoms with van der Waals surface area (Å²) in [5, 5.41) is 9.43. The molecular formula is C12H8ClN3O. The van der Waals surface area contributed by atoms with Crippen molar-refractivity contribution in [2.24, 2.45) is 0 Å². The van der Waals surface area contributed by atoms with Crippen molar-refractivity contribution >= 4 is 11.6 Å². The number of hydrogen-bond acceptors (Lipinski definition) is 4. The van der Waals surface area contributed by atoms with Crippen LogP contribution in [0.2, 0.25) is 5.02 Å². The van der Waals surface area contributed by atoms with E-state index >= 15 is 0 Å². The van der Waals surface area contributed by atoms with E-state index in [-0.39, 0.29) is 18.2 Å². The number of halogens is 1. The third kappa shape index (κ3) is 2.71. The number of rotatable bonds is 3. The van der Waals surface area contributed by atoms with Gasteiger partial charge in [-0.05, 0) is 6.07 Å². The molecule has 0 saturated heterocycles. The van der Waals surface area contributed by atoms with Crippen molar-refractivity contribution < 1.29 is 4.74 Å². The molecule has 1 heterocycles. The van der Waals surface area contributed by atoms with Crippen LogP contribution in [0.4, 0.5) is 0 Å². The number of aromatic nitrogens is 2. The predicted octanol–water partition coefficient (Wildman–Crippen LogP) is 2.58. The van der Waals surface area contributed by atoms with Crippen molar-refractivity contribution in [3.05, 3.63) is 52.9 Å². The maximum atomic E-state index is 8.81. The third-order valence-electron chi connectivity index (χ3n) is 2.09. The van der Waals surface area contributed by atoms with Gasteiger partial charge in [0, 0.05) is 23.0 Å². The molecule has 2 rings (SSSR count). The van der Waals surface area contributed by atoms with Crippen LogP contribution in [0.5, 0.6) is 5.88 Å². The molecule has 1 aromatic carbocycles. The Balaban J connectivity index is 2.13. The van der Waals surface area contributed by atoms with Crippen molar-refractivity contribution in [1.82, 2.24) is 9.97 Å². The number of ether oxygens (including phenoxy) is 1. The van der Waals surface area contributed by atoms with Crippen LogP contribution >= 0.6 is 11.6 Å². The fourth-order valence-corrected chi connectivity index (χ4v) is 1.46. The molecule has 0 aliphatic rings. The number of hydrogen-bond donors (Lipinski definition) is 0. The van der Waals surface area contributed by atoms with E-state index in [1.807, 2.05) is 24.3 Å². The van der Waals surface area contributed by atoms with Gasteiger partial charge in [0.25, 0.3) is 5.88 Å². The zero-order chi connectivity index (χ0) is 12.1. The second-order valence-electron chi connectivity index (χ2n) is 3.20. The quantitative estimate of drug-likeness (QED) is 0.834. The van der Waals surface area contributed by atoms with Crippen LogP contribution in [0, 0.1) is 11.3 Å². The Morgan fingerprint density at radius 2 is 2.00 bits per heavy atom. The van der Waals surface area contributed by atoms with Crippen molar-refractivity contribution in [3.8, 4) is 11.9 Å². The third-order valence-corrected chi connectivity index (χ3v) is 2.46. The summed E-state index contributed by atoms with van der Waals surface area (Å²) < 4.78 is 5.41. The second-order valence-corrected chi connectivity index (χ2v) is 3.61. The van der Waals surface area contributed by atoms with Gasteiger partial charge >= 0.3 is 0 Å². The van der Waals surface area contributed by atoms with E-state index in [1.165, 1.54) is 12.4 Å². The van der Waals surface area contributed by atoms with Crippen LogP contribution in [0.15, 0.2) is 36.7 Å². The van der Waals surface area contributed by atoms with Gasteiger partial charge < -0.3 is 4.74 Å². The first kappa shape index (κ1) is 11.4. The molecule has 0 atom stereocenters. The Kier molecular flexibility index (Phi) is 3.53. The fraction of sp³-hybridized carbons (Fsp3) is 0.0833. The summed E-state index contributed by atoms with van der Waals surface area (Å²) in [4.78, 5) is 7.79. The molecule has 17 heavy (non-hydrogen) atoms. The lowest BCUT2D eigenvalue weighted by molar-refractivity contribution is 0.291. The van der Waals surface area contributed by atoms with Crippen molar-refractivity contribution in [3.63, 3.8) is 0 Å². The lowest BCUT2D eigenvalue weighted by atomic mass is 10.2. The molecular weight excluding hydrogens is 238 g/mol. The fourth-order valence-electron chi connectivity index (χ4n) is 1.27. The molecule has 0 aliphatic heterocycles.